The topological polar surface area (TPSA) is 58.6 Å². The SMILES string of the molecule is O=S(=O)(NCCCCCCl)N1CCOCC1. The third-order valence-corrected chi connectivity index (χ3v) is 4.29. The molecule has 1 heterocycles. The third-order valence-electron chi connectivity index (χ3n) is 2.40. The molecule has 0 radical (unpaired) electrons. The van der Waals surface area contributed by atoms with Crippen molar-refractivity contribution in [2.45, 2.75) is 19.3 Å². The van der Waals surface area contributed by atoms with Crippen LogP contribution in [0.1, 0.15) is 19.3 Å². The summed E-state index contributed by atoms with van der Waals surface area (Å²) >= 11 is 5.53. The summed E-state index contributed by atoms with van der Waals surface area (Å²) in [5, 5.41) is 0. The van der Waals surface area contributed by atoms with Crippen LogP contribution in [0.25, 0.3) is 0 Å². The number of hydrogen-bond acceptors (Lipinski definition) is 3. The lowest BCUT2D eigenvalue weighted by Crippen LogP contribution is -2.46. The summed E-state index contributed by atoms with van der Waals surface area (Å²) in [6.45, 7) is 2.32. The maximum absolute atomic E-state index is 11.8. The van der Waals surface area contributed by atoms with E-state index in [1.807, 2.05) is 0 Å². The Bertz CT molecular complexity index is 278. The van der Waals surface area contributed by atoms with Crippen molar-refractivity contribution in [3.05, 3.63) is 0 Å². The average Bonchev–Trinajstić information content (AvgIpc) is 2.30. The van der Waals surface area contributed by atoms with Crippen LogP contribution in [0, 0.1) is 0 Å². The van der Waals surface area contributed by atoms with E-state index in [0.717, 1.165) is 19.3 Å². The van der Waals surface area contributed by atoms with Gasteiger partial charge in [0.05, 0.1) is 13.2 Å². The van der Waals surface area contributed by atoms with Gasteiger partial charge in [-0.15, -0.1) is 11.6 Å². The molecule has 0 aromatic heterocycles. The van der Waals surface area contributed by atoms with Crippen molar-refractivity contribution < 1.29 is 13.2 Å². The minimum atomic E-state index is -3.30. The van der Waals surface area contributed by atoms with Gasteiger partial charge in [-0.1, -0.05) is 6.42 Å². The Morgan fingerprint density at radius 3 is 2.50 bits per heavy atom. The first kappa shape index (κ1) is 14.2. The second-order valence-corrected chi connectivity index (χ2v) is 5.79. The Labute approximate surface area is 102 Å². The highest BCUT2D eigenvalue weighted by Crippen LogP contribution is 2.03. The van der Waals surface area contributed by atoms with Gasteiger partial charge in [0.2, 0.25) is 0 Å². The molecule has 1 saturated heterocycles. The number of alkyl halides is 1. The predicted molar refractivity (Wildman–Crippen MR) is 63.9 cm³/mol. The van der Waals surface area contributed by atoms with E-state index in [-0.39, 0.29) is 0 Å². The number of morpholine rings is 1. The molecule has 0 aromatic rings. The van der Waals surface area contributed by atoms with Gasteiger partial charge >= 0.3 is 0 Å². The van der Waals surface area contributed by atoms with Gasteiger partial charge in [-0.3, -0.25) is 0 Å². The molecule has 16 heavy (non-hydrogen) atoms. The third kappa shape index (κ3) is 4.97. The van der Waals surface area contributed by atoms with Crippen LogP contribution in [-0.2, 0) is 14.9 Å². The zero-order valence-corrected chi connectivity index (χ0v) is 10.9. The highest BCUT2D eigenvalue weighted by Gasteiger charge is 2.23. The lowest BCUT2D eigenvalue weighted by Gasteiger charge is -2.26. The van der Waals surface area contributed by atoms with E-state index >= 15 is 0 Å². The molecule has 5 nitrogen and oxygen atoms in total. The molecule has 1 aliphatic heterocycles. The standard InChI is InChI=1S/C9H19ClN2O3S/c10-4-2-1-3-5-11-16(13,14)12-6-8-15-9-7-12/h11H,1-9H2. The smallest absolute Gasteiger partial charge is 0.279 e. The van der Waals surface area contributed by atoms with E-state index < -0.39 is 10.2 Å². The number of ether oxygens (including phenoxy) is 1. The monoisotopic (exact) mass is 270 g/mol. The first-order valence-electron chi connectivity index (χ1n) is 5.55. The van der Waals surface area contributed by atoms with Gasteiger partial charge < -0.3 is 4.74 Å². The zero-order chi connectivity index (χ0) is 11.9. The quantitative estimate of drug-likeness (QED) is 0.543. The van der Waals surface area contributed by atoms with Crippen molar-refractivity contribution >= 4 is 21.8 Å². The molecule has 0 bridgehead atoms. The Hall–Kier alpha value is 0.120. The van der Waals surface area contributed by atoms with Gasteiger partial charge in [-0.25, -0.2) is 4.72 Å². The van der Waals surface area contributed by atoms with Crippen LogP contribution in [0.4, 0.5) is 0 Å². The van der Waals surface area contributed by atoms with Crippen LogP contribution in [0.15, 0.2) is 0 Å². The van der Waals surface area contributed by atoms with E-state index in [1.165, 1.54) is 4.31 Å². The summed E-state index contributed by atoms with van der Waals surface area (Å²) in [4.78, 5) is 0. The van der Waals surface area contributed by atoms with Crippen molar-refractivity contribution in [1.82, 2.24) is 9.03 Å². The molecule has 96 valence electrons. The fourth-order valence-corrected chi connectivity index (χ4v) is 2.88. The Morgan fingerprint density at radius 1 is 1.19 bits per heavy atom. The normalized spacial score (nSPS) is 18.8. The summed E-state index contributed by atoms with van der Waals surface area (Å²) in [5.74, 6) is 0.635. The van der Waals surface area contributed by atoms with Crippen molar-refractivity contribution in [1.29, 1.82) is 0 Å². The van der Waals surface area contributed by atoms with Crippen molar-refractivity contribution in [3.8, 4) is 0 Å². The summed E-state index contributed by atoms with van der Waals surface area (Å²) in [5.41, 5.74) is 0. The molecule has 1 fully saturated rings. The summed E-state index contributed by atoms with van der Waals surface area (Å²) in [7, 11) is -3.30. The fourth-order valence-electron chi connectivity index (χ4n) is 1.48. The van der Waals surface area contributed by atoms with Gasteiger partial charge in [0.15, 0.2) is 0 Å². The van der Waals surface area contributed by atoms with Crippen LogP contribution < -0.4 is 4.72 Å². The molecule has 1 N–H and O–H groups in total. The van der Waals surface area contributed by atoms with Crippen LogP contribution in [0.3, 0.4) is 0 Å². The molecule has 1 rings (SSSR count). The maximum Gasteiger partial charge on any atom is 0.279 e. The van der Waals surface area contributed by atoms with Crippen LogP contribution in [-0.4, -0.2) is 51.5 Å². The Kier molecular flexibility index (Phi) is 6.60. The molecule has 0 aromatic carbocycles. The van der Waals surface area contributed by atoms with E-state index in [1.54, 1.807) is 0 Å². The number of nitrogens with one attached hydrogen (secondary N) is 1. The van der Waals surface area contributed by atoms with E-state index in [0.29, 0.717) is 38.7 Å². The largest absolute Gasteiger partial charge is 0.379 e. The van der Waals surface area contributed by atoms with Gasteiger partial charge in [-0.2, -0.15) is 12.7 Å². The number of nitrogens with zero attached hydrogens (tertiary/aromatic N) is 1. The molecular formula is C9H19ClN2O3S. The van der Waals surface area contributed by atoms with Gasteiger partial charge in [0.1, 0.15) is 0 Å². The van der Waals surface area contributed by atoms with Crippen molar-refractivity contribution in [3.63, 3.8) is 0 Å². The maximum atomic E-state index is 11.8. The highest BCUT2D eigenvalue weighted by molar-refractivity contribution is 7.87. The predicted octanol–water partition coefficient (Wildman–Crippen LogP) is 0.562. The Balaban J connectivity index is 2.22. The summed E-state index contributed by atoms with van der Waals surface area (Å²) in [6.07, 6.45) is 2.71. The van der Waals surface area contributed by atoms with E-state index in [9.17, 15) is 8.42 Å². The molecule has 1 aliphatic rings. The van der Waals surface area contributed by atoms with Crippen molar-refractivity contribution in [2.75, 3.05) is 38.7 Å². The van der Waals surface area contributed by atoms with Gasteiger partial charge in [0, 0.05) is 25.5 Å². The van der Waals surface area contributed by atoms with E-state index in [4.69, 9.17) is 16.3 Å². The minimum absolute atomic E-state index is 0.441. The van der Waals surface area contributed by atoms with Crippen LogP contribution in [0.2, 0.25) is 0 Å². The lowest BCUT2D eigenvalue weighted by molar-refractivity contribution is 0.0725. The molecule has 0 atom stereocenters. The molecule has 0 unspecified atom stereocenters. The van der Waals surface area contributed by atoms with Crippen LogP contribution in [0.5, 0.6) is 0 Å². The highest BCUT2D eigenvalue weighted by atomic mass is 35.5. The number of halogens is 1. The first-order chi connectivity index (χ1) is 7.67. The Morgan fingerprint density at radius 2 is 1.88 bits per heavy atom. The first-order valence-corrected chi connectivity index (χ1v) is 7.53. The second kappa shape index (κ2) is 7.45. The second-order valence-electron chi connectivity index (χ2n) is 3.66. The molecule has 0 saturated carbocycles. The summed E-state index contributed by atoms with van der Waals surface area (Å²) < 4.78 is 32.6. The van der Waals surface area contributed by atoms with Crippen molar-refractivity contribution in [2.24, 2.45) is 0 Å². The van der Waals surface area contributed by atoms with Gasteiger partial charge in [-0.05, 0) is 12.8 Å². The minimum Gasteiger partial charge on any atom is -0.379 e. The summed E-state index contributed by atoms with van der Waals surface area (Å²) in [6, 6.07) is 0. The van der Waals surface area contributed by atoms with Gasteiger partial charge in [0.25, 0.3) is 10.2 Å². The molecule has 0 amide bonds. The van der Waals surface area contributed by atoms with Crippen LogP contribution >= 0.6 is 11.6 Å². The molecule has 0 aliphatic carbocycles. The number of unbranched alkanes of at least 4 members (excludes halogenated alkanes) is 2. The number of rotatable bonds is 7. The average molecular weight is 271 g/mol. The van der Waals surface area contributed by atoms with E-state index in [2.05, 4.69) is 4.72 Å². The molecule has 0 spiro atoms. The number of hydrogen-bond donors (Lipinski definition) is 1. The molecular weight excluding hydrogens is 252 g/mol. The lowest BCUT2D eigenvalue weighted by atomic mass is 10.2. The fraction of sp³-hybridized carbons (Fsp3) is 1.00. The zero-order valence-electron chi connectivity index (χ0n) is 9.32. The molecule has 7 heteroatoms.